The predicted octanol–water partition coefficient (Wildman–Crippen LogP) is 0.915. The molecule has 2 fully saturated rings. The first-order valence-electron chi connectivity index (χ1n) is 6.93. The molecule has 2 aliphatic rings. The number of aromatic nitrogens is 3. The van der Waals surface area contributed by atoms with Gasteiger partial charge in [-0.15, -0.1) is 0 Å². The Bertz CT molecular complexity index is 495. The molecule has 1 aliphatic carbocycles. The molecule has 1 amide bonds. The molecule has 0 spiro atoms. The van der Waals surface area contributed by atoms with Crippen LogP contribution in [0.1, 0.15) is 55.2 Å². The number of aromatic amines is 1. The fraction of sp³-hybridized carbons (Fsp3) is 0.769. The Balaban J connectivity index is 1.76. The summed E-state index contributed by atoms with van der Waals surface area (Å²) in [6.07, 6.45) is 2.80. The number of carbonyl (C=O) groups excluding carboxylic acids is 1. The highest BCUT2D eigenvalue weighted by atomic mass is 16.3. The number of nitrogens with one attached hydrogen (secondary N) is 1. The van der Waals surface area contributed by atoms with Crippen LogP contribution in [0.15, 0.2) is 0 Å². The van der Waals surface area contributed by atoms with E-state index in [-0.39, 0.29) is 11.8 Å². The molecule has 1 saturated carbocycles. The van der Waals surface area contributed by atoms with Gasteiger partial charge in [-0.1, -0.05) is 13.8 Å². The molecule has 1 aliphatic heterocycles. The van der Waals surface area contributed by atoms with Crippen molar-refractivity contribution in [3.63, 3.8) is 0 Å². The average molecular weight is 264 g/mol. The maximum atomic E-state index is 12.5. The van der Waals surface area contributed by atoms with Crippen LogP contribution < -0.4 is 0 Å². The zero-order chi connectivity index (χ0) is 13.6. The molecule has 2 heterocycles. The van der Waals surface area contributed by atoms with Gasteiger partial charge in [0.2, 0.25) is 0 Å². The monoisotopic (exact) mass is 264 g/mol. The van der Waals surface area contributed by atoms with Crippen LogP contribution in [0.2, 0.25) is 0 Å². The molecular formula is C13H20N4O2. The molecule has 1 saturated heterocycles. The molecule has 2 N–H and O–H groups in total. The van der Waals surface area contributed by atoms with Crippen LogP contribution in [0.25, 0.3) is 0 Å². The lowest BCUT2D eigenvalue weighted by molar-refractivity contribution is 0.00513. The van der Waals surface area contributed by atoms with Crippen molar-refractivity contribution in [3.8, 4) is 0 Å². The predicted molar refractivity (Wildman–Crippen MR) is 68.7 cm³/mol. The number of amides is 1. The summed E-state index contributed by atoms with van der Waals surface area (Å²) in [5.74, 6) is 0.432. The number of H-pyrrole nitrogens is 1. The molecule has 0 radical (unpaired) electrons. The second kappa shape index (κ2) is 4.30. The standard InChI is InChI=1S/C13H20N4O2/c1-8(2)13(19)5-6-17(7-13)12(18)11-10(9-3-4-9)14-16-15-11/h8-9,19H,3-7H2,1-2H3,(H,14,15,16). The maximum Gasteiger partial charge on any atom is 0.276 e. The van der Waals surface area contributed by atoms with Gasteiger partial charge in [-0.3, -0.25) is 4.79 Å². The van der Waals surface area contributed by atoms with Gasteiger partial charge in [0.05, 0.1) is 17.8 Å². The molecule has 6 nitrogen and oxygen atoms in total. The summed E-state index contributed by atoms with van der Waals surface area (Å²) < 4.78 is 0. The van der Waals surface area contributed by atoms with Crippen molar-refractivity contribution in [1.29, 1.82) is 0 Å². The van der Waals surface area contributed by atoms with Gasteiger partial charge in [-0.05, 0) is 25.2 Å². The molecule has 0 aromatic carbocycles. The second-order valence-electron chi connectivity index (χ2n) is 6.07. The van der Waals surface area contributed by atoms with Crippen LogP contribution in [0.4, 0.5) is 0 Å². The van der Waals surface area contributed by atoms with Crippen LogP contribution >= 0.6 is 0 Å². The average Bonchev–Trinajstić information content (AvgIpc) is 2.96. The van der Waals surface area contributed by atoms with E-state index in [1.807, 2.05) is 13.8 Å². The molecule has 1 unspecified atom stereocenters. The van der Waals surface area contributed by atoms with Crippen LogP contribution in [-0.4, -0.2) is 50.0 Å². The summed E-state index contributed by atoms with van der Waals surface area (Å²) in [6, 6.07) is 0. The molecule has 104 valence electrons. The number of nitrogens with zero attached hydrogens (tertiary/aromatic N) is 3. The van der Waals surface area contributed by atoms with Crippen LogP contribution in [0.3, 0.4) is 0 Å². The zero-order valence-corrected chi connectivity index (χ0v) is 11.4. The van der Waals surface area contributed by atoms with E-state index in [0.29, 0.717) is 31.1 Å². The zero-order valence-electron chi connectivity index (χ0n) is 11.4. The Hall–Kier alpha value is -1.43. The Kier molecular flexibility index (Phi) is 2.85. The van der Waals surface area contributed by atoms with Crippen LogP contribution in [-0.2, 0) is 0 Å². The van der Waals surface area contributed by atoms with Crippen molar-refractivity contribution in [2.75, 3.05) is 13.1 Å². The Morgan fingerprint density at radius 2 is 2.21 bits per heavy atom. The highest BCUT2D eigenvalue weighted by Crippen LogP contribution is 2.40. The van der Waals surface area contributed by atoms with E-state index in [9.17, 15) is 9.90 Å². The van der Waals surface area contributed by atoms with E-state index in [4.69, 9.17) is 0 Å². The van der Waals surface area contributed by atoms with Gasteiger partial charge in [0.25, 0.3) is 5.91 Å². The van der Waals surface area contributed by atoms with Gasteiger partial charge in [0, 0.05) is 12.5 Å². The van der Waals surface area contributed by atoms with Crippen molar-refractivity contribution >= 4 is 5.91 Å². The molecule has 1 atom stereocenters. The third-order valence-corrected chi connectivity index (χ3v) is 4.38. The lowest BCUT2D eigenvalue weighted by atomic mass is 9.90. The van der Waals surface area contributed by atoms with E-state index in [2.05, 4.69) is 15.4 Å². The summed E-state index contributed by atoms with van der Waals surface area (Å²) in [5, 5.41) is 21.1. The number of hydrogen-bond acceptors (Lipinski definition) is 4. The summed E-state index contributed by atoms with van der Waals surface area (Å²) in [6.45, 7) is 4.95. The molecule has 1 aromatic rings. The molecule has 6 heteroatoms. The third-order valence-electron chi connectivity index (χ3n) is 4.38. The van der Waals surface area contributed by atoms with E-state index in [1.54, 1.807) is 4.90 Å². The third kappa shape index (κ3) is 2.14. The maximum absolute atomic E-state index is 12.5. The van der Waals surface area contributed by atoms with Gasteiger partial charge < -0.3 is 10.0 Å². The minimum absolute atomic E-state index is 0.104. The van der Waals surface area contributed by atoms with E-state index < -0.39 is 5.60 Å². The quantitative estimate of drug-likeness (QED) is 0.850. The van der Waals surface area contributed by atoms with Crippen molar-refractivity contribution in [2.24, 2.45) is 5.92 Å². The van der Waals surface area contributed by atoms with Crippen molar-refractivity contribution in [2.45, 2.75) is 44.6 Å². The summed E-state index contributed by atoms with van der Waals surface area (Å²) in [4.78, 5) is 14.2. The molecular weight excluding hydrogens is 244 g/mol. The highest BCUT2D eigenvalue weighted by molar-refractivity contribution is 5.93. The van der Waals surface area contributed by atoms with Crippen molar-refractivity contribution in [1.82, 2.24) is 20.3 Å². The smallest absolute Gasteiger partial charge is 0.276 e. The van der Waals surface area contributed by atoms with E-state index >= 15 is 0 Å². The van der Waals surface area contributed by atoms with Gasteiger partial charge >= 0.3 is 0 Å². The molecule has 1 aromatic heterocycles. The molecule has 19 heavy (non-hydrogen) atoms. The highest BCUT2D eigenvalue weighted by Gasteiger charge is 2.42. The van der Waals surface area contributed by atoms with Gasteiger partial charge in [0.15, 0.2) is 5.69 Å². The van der Waals surface area contributed by atoms with Crippen LogP contribution in [0.5, 0.6) is 0 Å². The SMILES string of the molecule is CC(C)C1(O)CCN(C(=O)c2n[nH]nc2C2CC2)C1. The fourth-order valence-electron chi connectivity index (χ4n) is 2.65. The van der Waals surface area contributed by atoms with Crippen LogP contribution in [0, 0.1) is 5.92 Å². The Labute approximate surface area is 112 Å². The summed E-state index contributed by atoms with van der Waals surface area (Å²) in [7, 11) is 0. The van der Waals surface area contributed by atoms with E-state index in [0.717, 1.165) is 18.5 Å². The number of aliphatic hydroxyl groups is 1. The van der Waals surface area contributed by atoms with Gasteiger partial charge in [0.1, 0.15) is 0 Å². The number of rotatable bonds is 3. The second-order valence-corrected chi connectivity index (χ2v) is 6.07. The Morgan fingerprint density at radius 3 is 2.79 bits per heavy atom. The van der Waals surface area contributed by atoms with Crippen molar-refractivity contribution < 1.29 is 9.90 Å². The first-order chi connectivity index (χ1) is 9.01. The molecule has 3 rings (SSSR count). The number of likely N-dealkylation sites (tertiary alicyclic amines) is 1. The van der Waals surface area contributed by atoms with E-state index in [1.165, 1.54) is 0 Å². The topological polar surface area (TPSA) is 82.1 Å². The Morgan fingerprint density at radius 1 is 1.47 bits per heavy atom. The number of hydrogen-bond donors (Lipinski definition) is 2. The van der Waals surface area contributed by atoms with Crippen molar-refractivity contribution in [3.05, 3.63) is 11.4 Å². The number of β-amino-alcohol motifs (C(OH)–C–C–N with tert-alkyl or cyclic N) is 1. The first kappa shape index (κ1) is 12.6. The minimum Gasteiger partial charge on any atom is -0.388 e. The molecule has 0 bridgehead atoms. The lowest BCUT2D eigenvalue weighted by Gasteiger charge is -2.27. The first-order valence-corrected chi connectivity index (χ1v) is 6.93. The summed E-state index contributed by atoms with van der Waals surface area (Å²) >= 11 is 0. The normalized spacial score (nSPS) is 27.3. The van der Waals surface area contributed by atoms with Gasteiger partial charge in [-0.25, -0.2) is 0 Å². The minimum atomic E-state index is -0.765. The summed E-state index contributed by atoms with van der Waals surface area (Å²) in [5.41, 5.74) is 0.472. The fourth-order valence-corrected chi connectivity index (χ4v) is 2.65. The largest absolute Gasteiger partial charge is 0.388 e. The van der Waals surface area contributed by atoms with Gasteiger partial charge in [-0.2, -0.15) is 15.4 Å². The number of carbonyl (C=O) groups is 1. The lowest BCUT2D eigenvalue weighted by Crippen LogP contribution is -2.40.